The van der Waals surface area contributed by atoms with E-state index in [9.17, 15) is 4.79 Å². The Balaban J connectivity index is 2.24. The highest BCUT2D eigenvalue weighted by Gasteiger charge is 2.21. The van der Waals surface area contributed by atoms with Crippen LogP contribution in [-0.4, -0.2) is 50.8 Å². The van der Waals surface area contributed by atoms with Gasteiger partial charge in [-0.1, -0.05) is 6.92 Å². The molecule has 0 saturated carbocycles. The first-order chi connectivity index (χ1) is 10.2. The number of carbonyl (C=O) groups excluding carboxylic acids is 1. The van der Waals surface area contributed by atoms with Gasteiger partial charge in [0.2, 0.25) is 0 Å². The van der Waals surface area contributed by atoms with Crippen molar-refractivity contribution in [3.63, 3.8) is 0 Å². The van der Waals surface area contributed by atoms with Crippen LogP contribution in [0.25, 0.3) is 0 Å². The van der Waals surface area contributed by atoms with Gasteiger partial charge in [-0.25, -0.2) is 0 Å². The fourth-order valence-corrected chi connectivity index (χ4v) is 2.89. The summed E-state index contributed by atoms with van der Waals surface area (Å²) in [6.07, 6.45) is 0.924. The third-order valence-electron chi connectivity index (χ3n) is 3.23. The molecule has 1 aliphatic heterocycles. The highest BCUT2D eigenvalue weighted by atomic mass is 127. The monoisotopic (exact) mass is 405 g/mol. The molecule has 6 heteroatoms. The number of carbonyl (C=O) groups is 1. The SMILES string of the molecule is CCCOc1c(I)cc(C(=O)N2CCOCC2)cc1OC. The van der Waals surface area contributed by atoms with E-state index in [0.717, 1.165) is 9.99 Å². The molecule has 2 rings (SSSR count). The van der Waals surface area contributed by atoms with E-state index >= 15 is 0 Å². The summed E-state index contributed by atoms with van der Waals surface area (Å²) in [6, 6.07) is 3.61. The van der Waals surface area contributed by atoms with Crippen molar-refractivity contribution < 1.29 is 19.0 Å². The maximum absolute atomic E-state index is 12.5. The van der Waals surface area contributed by atoms with Gasteiger partial charge in [-0.05, 0) is 41.1 Å². The number of hydrogen-bond donors (Lipinski definition) is 0. The minimum atomic E-state index is 0.0107. The highest BCUT2D eigenvalue weighted by Crippen LogP contribution is 2.34. The fourth-order valence-electron chi connectivity index (χ4n) is 2.14. The van der Waals surface area contributed by atoms with Crippen molar-refractivity contribution in [2.75, 3.05) is 40.0 Å². The summed E-state index contributed by atoms with van der Waals surface area (Å²) in [5, 5.41) is 0. The molecule has 0 aromatic heterocycles. The standard InChI is InChI=1S/C15H20INO4/c1-3-6-21-14-12(16)9-11(10-13(14)19-2)15(18)17-4-7-20-8-5-17/h9-10H,3-8H2,1-2H3. The Kier molecular flexibility index (Phi) is 6.10. The van der Waals surface area contributed by atoms with Gasteiger partial charge in [0.05, 0.1) is 30.5 Å². The molecule has 1 heterocycles. The topological polar surface area (TPSA) is 48.0 Å². The Morgan fingerprint density at radius 1 is 1.38 bits per heavy atom. The number of ether oxygens (including phenoxy) is 3. The maximum atomic E-state index is 12.5. The van der Waals surface area contributed by atoms with Crippen LogP contribution in [0.5, 0.6) is 11.5 Å². The van der Waals surface area contributed by atoms with E-state index < -0.39 is 0 Å². The fraction of sp³-hybridized carbons (Fsp3) is 0.533. The average molecular weight is 405 g/mol. The van der Waals surface area contributed by atoms with Crippen molar-refractivity contribution in [2.45, 2.75) is 13.3 Å². The summed E-state index contributed by atoms with van der Waals surface area (Å²) in [7, 11) is 1.59. The molecule has 5 nitrogen and oxygen atoms in total. The van der Waals surface area contributed by atoms with Gasteiger partial charge in [0.25, 0.3) is 5.91 Å². The van der Waals surface area contributed by atoms with Crippen molar-refractivity contribution in [3.05, 3.63) is 21.3 Å². The van der Waals surface area contributed by atoms with Crippen LogP contribution in [0.15, 0.2) is 12.1 Å². The van der Waals surface area contributed by atoms with Crippen molar-refractivity contribution in [1.82, 2.24) is 4.90 Å². The minimum absolute atomic E-state index is 0.0107. The Hall–Kier alpha value is -1.02. The predicted octanol–water partition coefficient (Wildman–Crippen LogP) is 2.56. The van der Waals surface area contributed by atoms with Crippen LogP contribution in [0, 0.1) is 3.57 Å². The number of nitrogens with zero attached hydrogens (tertiary/aromatic N) is 1. The maximum Gasteiger partial charge on any atom is 0.254 e. The van der Waals surface area contributed by atoms with E-state index in [2.05, 4.69) is 29.5 Å². The third-order valence-corrected chi connectivity index (χ3v) is 4.03. The Bertz CT molecular complexity index is 501. The van der Waals surface area contributed by atoms with E-state index in [0.29, 0.717) is 50.0 Å². The van der Waals surface area contributed by atoms with E-state index in [1.165, 1.54) is 0 Å². The van der Waals surface area contributed by atoms with Gasteiger partial charge >= 0.3 is 0 Å². The zero-order valence-corrected chi connectivity index (χ0v) is 14.5. The van der Waals surface area contributed by atoms with Crippen LogP contribution < -0.4 is 9.47 Å². The molecule has 1 saturated heterocycles. The van der Waals surface area contributed by atoms with Crippen LogP contribution in [0.3, 0.4) is 0 Å². The molecule has 1 aromatic rings. The van der Waals surface area contributed by atoms with Gasteiger partial charge in [0.15, 0.2) is 11.5 Å². The summed E-state index contributed by atoms with van der Waals surface area (Å²) in [4.78, 5) is 14.3. The molecular weight excluding hydrogens is 385 g/mol. The van der Waals surface area contributed by atoms with Crippen LogP contribution in [0.2, 0.25) is 0 Å². The zero-order valence-electron chi connectivity index (χ0n) is 12.4. The normalized spacial score (nSPS) is 14.9. The van der Waals surface area contributed by atoms with Gasteiger partial charge in [-0.3, -0.25) is 4.79 Å². The number of benzene rings is 1. The largest absolute Gasteiger partial charge is 0.493 e. The smallest absolute Gasteiger partial charge is 0.254 e. The molecule has 0 unspecified atom stereocenters. The second kappa shape index (κ2) is 7.84. The Morgan fingerprint density at radius 2 is 2.10 bits per heavy atom. The molecule has 0 atom stereocenters. The second-order valence-corrected chi connectivity index (χ2v) is 5.90. The lowest BCUT2D eigenvalue weighted by Gasteiger charge is -2.27. The van der Waals surface area contributed by atoms with Gasteiger partial charge in [-0.15, -0.1) is 0 Å². The number of halogens is 1. The molecule has 1 aliphatic rings. The van der Waals surface area contributed by atoms with Gasteiger partial charge in [0.1, 0.15) is 0 Å². The lowest BCUT2D eigenvalue weighted by atomic mass is 10.1. The third kappa shape index (κ3) is 4.00. The van der Waals surface area contributed by atoms with Gasteiger partial charge in [-0.2, -0.15) is 0 Å². The van der Waals surface area contributed by atoms with E-state index in [-0.39, 0.29) is 5.91 Å². The molecule has 0 spiro atoms. The van der Waals surface area contributed by atoms with Crippen LogP contribution in [-0.2, 0) is 4.74 Å². The van der Waals surface area contributed by atoms with E-state index in [4.69, 9.17) is 14.2 Å². The Labute approximate surface area is 138 Å². The van der Waals surface area contributed by atoms with Crippen molar-refractivity contribution in [3.8, 4) is 11.5 Å². The lowest BCUT2D eigenvalue weighted by Crippen LogP contribution is -2.40. The summed E-state index contributed by atoms with van der Waals surface area (Å²) >= 11 is 2.18. The molecule has 1 aromatic carbocycles. The molecule has 1 fully saturated rings. The van der Waals surface area contributed by atoms with Crippen molar-refractivity contribution in [1.29, 1.82) is 0 Å². The second-order valence-electron chi connectivity index (χ2n) is 4.74. The summed E-state index contributed by atoms with van der Waals surface area (Å²) in [6.45, 7) is 5.13. The molecule has 0 aliphatic carbocycles. The molecule has 1 amide bonds. The molecule has 0 bridgehead atoms. The van der Waals surface area contributed by atoms with Gasteiger partial charge in [0, 0.05) is 18.7 Å². The average Bonchev–Trinajstić information content (AvgIpc) is 2.53. The van der Waals surface area contributed by atoms with E-state index in [1.807, 2.05) is 6.07 Å². The predicted molar refractivity (Wildman–Crippen MR) is 88.2 cm³/mol. The first-order valence-electron chi connectivity index (χ1n) is 7.04. The number of rotatable bonds is 5. The van der Waals surface area contributed by atoms with Crippen molar-refractivity contribution >= 4 is 28.5 Å². The number of hydrogen-bond acceptors (Lipinski definition) is 4. The van der Waals surface area contributed by atoms with Crippen LogP contribution in [0.4, 0.5) is 0 Å². The first kappa shape index (κ1) is 16.4. The number of morpholine rings is 1. The molecule has 116 valence electrons. The molecule has 21 heavy (non-hydrogen) atoms. The van der Waals surface area contributed by atoms with Crippen molar-refractivity contribution in [2.24, 2.45) is 0 Å². The lowest BCUT2D eigenvalue weighted by molar-refractivity contribution is 0.0302. The molecular formula is C15H20INO4. The summed E-state index contributed by atoms with van der Waals surface area (Å²) < 4.78 is 17.3. The highest BCUT2D eigenvalue weighted by molar-refractivity contribution is 14.1. The van der Waals surface area contributed by atoms with Gasteiger partial charge < -0.3 is 19.1 Å². The molecule has 0 N–H and O–H groups in total. The van der Waals surface area contributed by atoms with E-state index in [1.54, 1.807) is 18.1 Å². The molecule has 0 radical (unpaired) electrons. The summed E-state index contributed by atoms with van der Waals surface area (Å²) in [5.74, 6) is 1.32. The zero-order chi connectivity index (χ0) is 15.2. The Morgan fingerprint density at radius 3 is 2.71 bits per heavy atom. The first-order valence-corrected chi connectivity index (χ1v) is 8.12. The number of methoxy groups -OCH3 is 1. The summed E-state index contributed by atoms with van der Waals surface area (Å²) in [5.41, 5.74) is 0.627. The number of amides is 1. The van der Waals surface area contributed by atoms with Crippen LogP contribution in [0.1, 0.15) is 23.7 Å². The quantitative estimate of drug-likeness (QED) is 0.707. The minimum Gasteiger partial charge on any atom is -0.493 e. The van der Waals surface area contributed by atoms with Crippen LogP contribution >= 0.6 is 22.6 Å².